The van der Waals surface area contributed by atoms with Crippen molar-refractivity contribution in [2.24, 2.45) is 0 Å². The number of nitrogens with one attached hydrogen (secondary N) is 1. The minimum Gasteiger partial charge on any atom is -0.352 e. The second-order valence-electron chi connectivity index (χ2n) is 4.18. The molecule has 19 heavy (non-hydrogen) atoms. The Hall–Kier alpha value is -1.46. The van der Waals surface area contributed by atoms with Gasteiger partial charge < -0.3 is 5.32 Å². The second kappa shape index (κ2) is 6.12. The van der Waals surface area contributed by atoms with Crippen molar-refractivity contribution < 1.29 is 4.79 Å². The van der Waals surface area contributed by atoms with Crippen LogP contribution in [-0.4, -0.2) is 22.4 Å². The number of pyridine rings is 1. The van der Waals surface area contributed by atoms with Crippen LogP contribution in [0, 0.1) is 13.8 Å². The Morgan fingerprint density at radius 3 is 2.79 bits per heavy atom. The Balaban J connectivity index is 1.90. The van der Waals surface area contributed by atoms with Gasteiger partial charge in [0.15, 0.2) is 0 Å². The van der Waals surface area contributed by atoms with Crippen LogP contribution in [0.15, 0.2) is 17.5 Å². The number of halogens is 1. The quantitative estimate of drug-likeness (QED) is 0.883. The van der Waals surface area contributed by atoms with Gasteiger partial charge in [-0.2, -0.15) is 0 Å². The lowest BCUT2D eigenvalue weighted by Gasteiger charge is -2.05. The van der Waals surface area contributed by atoms with E-state index in [1.165, 1.54) is 0 Å². The predicted octanol–water partition coefficient (Wildman–Crippen LogP) is 2.78. The summed E-state index contributed by atoms with van der Waals surface area (Å²) in [4.78, 5) is 20.3. The Labute approximate surface area is 120 Å². The number of hydrogen-bond donors (Lipinski definition) is 1. The van der Waals surface area contributed by atoms with Crippen LogP contribution in [0.5, 0.6) is 0 Å². The lowest BCUT2D eigenvalue weighted by atomic mass is 10.2. The normalized spacial score (nSPS) is 10.5. The van der Waals surface area contributed by atoms with Gasteiger partial charge >= 0.3 is 0 Å². The van der Waals surface area contributed by atoms with E-state index < -0.39 is 0 Å². The third kappa shape index (κ3) is 4.01. The summed E-state index contributed by atoms with van der Waals surface area (Å²) in [5, 5.41) is 6.23. The van der Waals surface area contributed by atoms with E-state index in [0.717, 1.165) is 22.8 Å². The molecule has 1 N–H and O–H groups in total. The Morgan fingerprint density at radius 1 is 1.37 bits per heavy atom. The van der Waals surface area contributed by atoms with Crippen molar-refractivity contribution >= 4 is 28.8 Å². The monoisotopic (exact) mass is 295 g/mol. The zero-order valence-corrected chi connectivity index (χ0v) is 12.3. The summed E-state index contributed by atoms with van der Waals surface area (Å²) in [7, 11) is 0. The summed E-state index contributed by atoms with van der Waals surface area (Å²) in [6.07, 6.45) is 0.730. The Bertz CT molecular complexity index is 577. The molecule has 0 spiro atoms. The van der Waals surface area contributed by atoms with Crippen LogP contribution < -0.4 is 5.32 Å². The van der Waals surface area contributed by atoms with E-state index in [-0.39, 0.29) is 5.91 Å². The molecular weight excluding hydrogens is 282 g/mol. The van der Waals surface area contributed by atoms with Gasteiger partial charge in [0, 0.05) is 29.6 Å². The fourth-order valence-corrected chi connectivity index (χ4v) is 2.59. The summed E-state index contributed by atoms with van der Waals surface area (Å²) in [5.74, 6) is -0.139. The van der Waals surface area contributed by atoms with Crippen molar-refractivity contribution in [1.29, 1.82) is 0 Å². The molecule has 0 radical (unpaired) electrons. The van der Waals surface area contributed by atoms with Gasteiger partial charge in [-0.1, -0.05) is 11.6 Å². The first kappa shape index (κ1) is 14.0. The minimum absolute atomic E-state index is 0.139. The highest BCUT2D eigenvalue weighted by atomic mass is 35.5. The Kier molecular flexibility index (Phi) is 4.50. The van der Waals surface area contributed by atoms with Crippen LogP contribution in [0.4, 0.5) is 0 Å². The molecule has 0 unspecified atom stereocenters. The molecule has 0 aliphatic rings. The Morgan fingerprint density at radius 2 is 2.16 bits per heavy atom. The number of carbonyl (C=O) groups is 1. The number of thiazole rings is 1. The maximum absolute atomic E-state index is 11.9. The maximum Gasteiger partial charge on any atom is 0.251 e. The molecule has 0 fully saturated rings. The highest BCUT2D eigenvalue weighted by Crippen LogP contribution is 2.11. The predicted molar refractivity (Wildman–Crippen MR) is 76.9 cm³/mol. The standard InChI is InChI=1S/C13H14ClN3OS/c1-8-5-10(6-12(14)16-8)13(18)15-4-3-11-7-19-9(2)17-11/h5-7H,3-4H2,1-2H3,(H,15,18). The van der Waals surface area contributed by atoms with Crippen LogP contribution in [0.1, 0.15) is 26.8 Å². The van der Waals surface area contributed by atoms with Gasteiger partial charge in [0.1, 0.15) is 5.15 Å². The summed E-state index contributed by atoms with van der Waals surface area (Å²) in [6.45, 7) is 4.33. The molecule has 0 atom stereocenters. The van der Waals surface area contributed by atoms with Crippen molar-refractivity contribution in [2.75, 3.05) is 6.54 Å². The maximum atomic E-state index is 11.9. The zero-order chi connectivity index (χ0) is 13.8. The number of carbonyl (C=O) groups excluding carboxylic acids is 1. The van der Waals surface area contributed by atoms with Gasteiger partial charge in [0.25, 0.3) is 5.91 Å². The summed E-state index contributed by atoms with van der Waals surface area (Å²) in [6, 6.07) is 3.28. The fraction of sp³-hybridized carbons (Fsp3) is 0.308. The highest BCUT2D eigenvalue weighted by Gasteiger charge is 2.08. The minimum atomic E-state index is -0.139. The number of nitrogens with zero attached hydrogens (tertiary/aromatic N) is 2. The van der Waals surface area contributed by atoms with Gasteiger partial charge in [0.05, 0.1) is 10.7 Å². The van der Waals surface area contributed by atoms with Crippen LogP contribution in [0.2, 0.25) is 5.15 Å². The molecule has 0 aliphatic carbocycles. The smallest absolute Gasteiger partial charge is 0.251 e. The SMILES string of the molecule is Cc1cc(C(=O)NCCc2csc(C)n2)cc(Cl)n1. The van der Waals surface area contributed by atoms with E-state index >= 15 is 0 Å². The average Bonchev–Trinajstić information content (AvgIpc) is 2.73. The molecule has 0 saturated carbocycles. The molecule has 6 heteroatoms. The van der Waals surface area contributed by atoms with Gasteiger partial charge in [-0.15, -0.1) is 11.3 Å². The zero-order valence-electron chi connectivity index (χ0n) is 10.7. The molecule has 0 aliphatic heterocycles. The van der Waals surface area contributed by atoms with Crippen LogP contribution in [0.25, 0.3) is 0 Å². The van der Waals surface area contributed by atoms with E-state index in [0.29, 0.717) is 17.3 Å². The lowest BCUT2D eigenvalue weighted by molar-refractivity contribution is 0.0954. The molecule has 2 aromatic rings. The molecule has 4 nitrogen and oxygen atoms in total. The molecular formula is C13H14ClN3OS. The van der Waals surface area contributed by atoms with E-state index in [4.69, 9.17) is 11.6 Å². The average molecular weight is 296 g/mol. The van der Waals surface area contributed by atoms with Crippen molar-refractivity contribution in [1.82, 2.24) is 15.3 Å². The van der Waals surface area contributed by atoms with Gasteiger partial charge in [0.2, 0.25) is 0 Å². The van der Waals surface area contributed by atoms with Crippen molar-refractivity contribution in [3.05, 3.63) is 44.6 Å². The van der Waals surface area contributed by atoms with Crippen molar-refractivity contribution in [3.8, 4) is 0 Å². The molecule has 100 valence electrons. The lowest BCUT2D eigenvalue weighted by Crippen LogP contribution is -2.26. The second-order valence-corrected chi connectivity index (χ2v) is 5.63. The van der Waals surface area contributed by atoms with Gasteiger partial charge in [-0.3, -0.25) is 4.79 Å². The van der Waals surface area contributed by atoms with Crippen molar-refractivity contribution in [2.45, 2.75) is 20.3 Å². The highest BCUT2D eigenvalue weighted by molar-refractivity contribution is 7.09. The topological polar surface area (TPSA) is 54.9 Å². The fourth-order valence-electron chi connectivity index (χ4n) is 1.69. The molecule has 2 heterocycles. The first-order chi connectivity index (χ1) is 9.04. The summed E-state index contributed by atoms with van der Waals surface area (Å²) < 4.78 is 0. The van der Waals surface area contributed by atoms with Gasteiger partial charge in [-0.05, 0) is 26.0 Å². The number of rotatable bonds is 4. The molecule has 2 aromatic heterocycles. The molecule has 0 bridgehead atoms. The molecule has 1 amide bonds. The van der Waals surface area contributed by atoms with E-state index in [2.05, 4.69) is 15.3 Å². The van der Waals surface area contributed by atoms with E-state index in [9.17, 15) is 4.79 Å². The number of hydrogen-bond acceptors (Lipinski definition) is 4. The third-order valence-corrected chi connectivity index (χ3v) is 3.53. The number of aryl methyl sites for hydroxylation is 2. The van der Waals surface area contributed by atoms with Crippen LogP contribution in [0.3, 0.4) is 0 Å². The van der Waals surface area contributed by atoms with Crippen LogP contribution in [-0.2, 0) is 6.42 Å². The van der Waals surface area contributed by atoms with E-state index in [1.54, 1.807) is 30.4 Å². The molecule has 0 saturated heterocycles. The van der Waals surface area contributed by atoms with Crippen LogP contribution >= 0.6 is 22.9 Å². The first-order valence-corrected chi connectivity index (χ1v) is 7.14. The summed E-state index contributed by atoms with van der Waals surface area (Å²) >= 11 is 7.44. The van der Waals surface area contributed by atoms with Gasteiger partial charge in [-0.25, -0.2) is 9.97 Å². The largest absolute Gasteiger partial charge is 0.352 e. The number of amides is 1. The van der Waals surface area contributed by atoms with E-state index in [1.807, 2.05) is 12.3 Å². The third-order valence-electron chi connectivity index (χ3n) is 2.52. The molecule has 0 aromatic carbocycles. The molecule has 2 rings (SSSR count). The first-order valence-electron chi connectivity index (χ1n) is 5.88. The number of aromatic nitrogens is 2. The summed E-state index contributed by atoms with van der Waals surface area (Å²) in [5.41, 5.74) is 2.27. The van der Waals surface area contributed by atoms with Crippen molar-refractivity contribution in [3.63, 3.8) is 0 Å².